The lowest BCUT2D eigenvalue weighted by molar-refractivity contribution is -0.274. The molecule has 0 aliphatic carbocycles. The summed E-state index contributed by atoms with van der Waals surface area (Å²) in [5.74, 6) is -1.22. The van der Waals surface area contributed by atoms with Crippen molar-refractivity contribution < 1.29 is 22.7 Å². The van der Waals surface area contributed by atoms with Crippen molar-refractivity contribution in [3.63, 3.8) is 0 Å². The van der Waals surface area contributed by atoms with E-state index in [1.165, 1.54) is 18.2 Å². The number of nitrogens with one attached hydrogen (secondary N) is 1. The second kappa shape index (κ2) is 5.04. The van der Waals surface area contributed by atoms with Crippen LogP contribution in [0.3, 0.4) is 0 Å². The van der Waals surface area contributed by atoms with Gasteiger partial charge in [-0.05, 0) is 24.3 Å². The van der Waals surface area contributed by atoms with Crippen LogP contribution < -0.4 is 10.5 Å². The highest BCUT2D eigenvalue weighted by Crippen LogP contribution is 2.33. The topological polar surface area (TPSA) is 81.0 Å². The summed E-state index contributed by atoms with van der Waals surface area (Å²) in [6, 6.07) is 4.99. The average molecular weight is 306 g/mol. The predicted octanol–water partition coefficient (Wildman–Crippen LogP) is 2.73. The van der Waals surface area contributed by atoms with E-state index in [2.05, 4.69) is 14.9 Å². The molecule has 0 unspecified atom stereocenters. The van der Waals surface area contributed by atoms with Crippen LogP contribution in [-0.2, 0) is 0 Å². The molecule has 9 heteroatoms. The van der Waals surface area contributed by atoms with Crippen LogP contribution >= 0.6 is 11.6 Å². The molecule has 0 aliphatic rings. The molecule has 0 saturated carbocycles. The molecular formula is C11H7ClF3N3O2. The zero-order valence-corrected chi connectivity index (χ0v) is 10.4. The van der Waals surface area contributed by atoms with Crippen LogP contribution in [0.4, 0.5) is 13.2 Å². The van der Waals surface area contributed by atoms with Gasteiger partial charge in [-0.3, -0.25) is 9.89 Å². The summed E-state index contributed by atoms with van der Waals surface area (Å²) < 4.78 is 40.0. The Labute approximate surface area is 115 Å². The lowest BCUT2D eigenvalue weighted by Crippen LogP contribution is -2.17. The molecule has 3 N–H and O–H groups in total. The number of halogens is 4. The number of nitrogens with two attached hydrogens (primary N) is 1. The van der Waals surface area contributed by atoms with E-state index in [9.17, 15) is 18.0 Å². The summed E-state index contributed by atoms with van der Waals surface area (Å²) in [4.78, 5) is 10.9. The summed E-state index contributed by atoms with van der Waals surface area (Å²) in [6.45, 7) is 0. The molecule has 0 spiro atoms. The fraction of sp³-hybridized carbons (Fsp3) is 0.0909. The molecule has 2 rings (SSSR count). The van der Waals surface area contributed by atoms with Crippen molar-refractivity contribution in [2.75, 3.05) is 0 Å². The van der Waals surface area contributed by atoms with E-state index in [1.54, 1.807) is 0 Å². The van der Waals surface area contributed by atoms with E-state index in [1.807, 2.05) is 0 Å². The number of rotatable bonds is 3. The molecule has 20 heavy (non-hydrogen) atoms. The van der Waals surface area contributed by atoms with Gasteiger partial charge in [0.1, 0.15) is 11.4 Å². The number of amides is 1. The Kier molecular flexibility index (Phi) is 3.58. The van der Waals surface area contributed by atoms with Gasteiger partial charge in [0, 0.05) is 5.56 Å². The molecule has 0 atom stereocenters. The number of hydrogen-bond donors (Lipinski definition) is 2. The average Bonchev–Trinajstić information content (AvgIpc) is 2.79. The summed E-state index contributed by atoms with van der Waals surface area (Å²) in [5.41, 5.74) is 5.85. The second-order valence-corrected chi connectivity index (χ2v) is 4.13. The Bertz CT molecular complexity index is 655. The first-order valence-electron chi connectivity index (χ1n) is 5.17. The lowest BCUT2D eigenvalue weighted by Gasteiger charge is -2.10. The number of aromatic nitrogens is 2. The first-order chi connectivity index (χ1) is 9.26. The minimum atomic E-state index is -4.82. The van der Waals surface area contributed by atoms with Gasteiger partial charge >= 0.3 is 6.36 Å². The van der Waals surface area contributed by atoms with Crippen molar-refractivity contribution in [1.29, 1.82) is 0 Å². The maximum atomic E-state index is 12.1. The number of carbonyl (C=O) groups is 1. The van der Waals surface area contributed by atoms with Crippen molar-refractivity contribution in [2.24, 2.45) is 5.73 Å². The maximum absolute atomic E-state index is 12.1. The van der Waals surface area contributed by atoms with Gasteiger partial charge < -0.3 is 10.5 Å². The molecule has 1 heterocycles. The smallest absolute Gasteiger partial charge is 0.404 e. The molecule has 106 valence electrons. The summed E-state index contributed by atoms with van der Waals surface area (Å²) in [7, 11) is 0. The van der Waals surface area contributed by atoms with Crippen LogP contribution in [0.2, 0.25) is 5.02 Å². The van der Waals surface area contributed by atoms with E-state index < -0.39 is 18.0 Å². The fourth-order valence-electron chi connectivity index (χ4n) is 1.46. The van der Waals surface area contributed by atoms with Gasteiger partial charge in [-0.25, -0.2) is 0 Å². The highest BCUT2D eigenvalue weighted by molar-refractivity contribution is 6.32. The van der Waals surface area contributed by atoms with Gasteiger partial charge in [-0.1, -0.05) is 11.6 Å². The van der Waals surface area contributed by atoms with Gasteiger partial charge in [0.25, 0.3) is 5.91 Å². The minimum Gasteiger partial charge on any atom is -0.404 e. The number of alkyl halides is 3. The Morgan fingerprint density at radius 2 is 2.05 bits per heavy atom. The Morgan fingerprint density at radius 1 is 1.35 bits per heavy atom. The number of nitrogens with zero attached hydrogens (tertiary/aromatic N) is 1. The van der Waals surface area contributed by atoms with E-state index in [4.69, 9.17) is 17.3 Å². The SMILES string of the molecule is NC(=O)c1cc(-c2ccc(OC(F)(F)F)c(Cl)c2)n[nH]1. The quantitative estimate of drug-likeness (QED) is 0.915. The zero-order valence-electron chi connectivity index (χ0n) is 9.66. The van der Waals surface area contributed by atoms with Crippen molar-refractivity contribution in [1.82, 2.24) is 10.2 Å². The second-order valence-electron chi connectivity index (χ2n) is 3.72. The number of ether oxygens (including phenoxy) is 1. The Balaban J connectivity index is 2.30. The molecule has 0 fully saturated rings. The molecule has 0 radical (unpaired) electrons. The van der Waals surface area contributed by atoms with E-state index >= 15 is 0 Å². The monoisotopic (exact) mass is 305 g/mol. The fourth-order valence-corrected chi connectivity index (χ4v) is 1.68. The standard InChI is InChI=1S/C11H7ClF3N3O2/c12-6-3-5(1-2-9(6)20-11(13,14)15)7-4-8(10(16)19)18-17-7/h1-4H,(H2,16,19)(H,17,18). The molecule has 1 aromatic carbocycles. The minimum absolute atomic E-state index is 0.0757. The molecule has 1 amide bonds. The zero-order chi connectivity index (χ0) is 14.9. The Morgan fingerprint density at radius 3 is 2.55 bits per heavy atom. The number of H-pyrrole nitrogens is 1. The number of aromatic amines is 1. The van der Waals surface area contributed by atoms with Gasteiger partial charge in [0.05, 0.1) is 10.7 Å². The third-order valence-electron chi connectivity index (χ3n) is 2.30. The van der Waals surface area contributed by atoms with E-state index in [0.29, 0.717) is 11.3 Å². The lowest BCUT2D eigenvalue weighted by atomic mass is 10.1. The molecule has 0 aliphatic heterocycles. The number of benzene rings is 1. The molecule has 2 aromatic rings. The largest absolute Gasteiger partial charge is 0.573 e. The third-order valence-corrected chi connectivity index (χ3v) is 2.59. The third kappa shape index (κ3) is 3.21. The van der Waals surface area contributed by atoms with Gasteiger partial charge in [-0.2, -0.15) is 5.10 Å². The first kappa shape index (κ1) is 14.2. The van der Waals surface area contributed by atoms with E-state index in [0.717, 1.165) is 6.07 Å². The van der Waals surface area contributed by atoms with Crippen molar-refractivity contribution in [3.8, 4) is 17.0 Å². The van der Waals surface area contributed by atoms with Gasteiger partial charge in [-0.15, -0.1) is 13.2 Å². The maximum Gasteiger partial charge on any atom is 0.573 e. The Hall–Kier alpha value is -2.22. The molecular weight excluding hydrogens is 299 g/mol. The van der Waals surface area contributed by atoms with Crippen molar-refractivity contribution in [2.45, 2.75) is 6.36 Å². The molecule has 1 aromatic heterocycles. The highest BCUT2D eigenvalue weighted by atomic mass is 35.5. The van der Waals surface area contributed by atoms with Crippen LogP contribution in [0.1, 0.15) is 10.5 Å². The summed E-state index contributed by atoms with van der Waals surface area (Å²) in [6.07, 6.45) is -4.82. The van der Waals surface area contributed by atoms with Crippen LogP contribution in [0.25, 0.3) is 11.3 Å². The first-order valence-corrected chi connectivity index (χ1v) is 5.55. The summed E-state index contributed by atoms with van der Waals surface area (Å²) >= 11 is 5.70. The molecule has 0 bridgehead atoms. The van der Waals surface area contributed by atoms with Crippen LogP contribution in [0.5, 0.6) is 5.75 Å². The van der Waals surface area contributed by atoms with Crippen LogP contribution in [0.15, 0.2) is 24.3 Å². The normalized spacial score (nSPS) is 11.4. The number of carbonyl (C=O) groups excluding carboxylic acids is 1. The summed E-state index contributed by atoms with van der Waals surface area (Å²) in [5, 5.41) is 5.97. The van der Waals surface area contributed by atoms with Crippen molar-refractivity contribution in [3.05, 3.63) is 35.0 Å². The van der Waals surface area contributed by atoms with Gasteiger partial charge in [0.15, 0.2) is 0 Å². The highest BCUT2D eigenvalue weighted by Gasteiger charge is 2.32. The van der Waals surface area contributed by atoms with E-state index in [-0.39, 0.29) is 10.7 Å². The van der Waals surface area contributed by atoms with Crippen LogP contribution in [-0.4, -0.2) is 22.5 Å². The number of primary amides is 1. The number of hydrogen-bond acceptors (Lipinski definition) is 3. The molecule has 5 nitrogen and oxygen atoms in total. The van der Waals surface area contributed by atoms with Crippen LogP contribution in [0, 0.1) is 0 Å². The predicted molar refractivity (Wildman–Crippen MR) is 64.2 cm³/mol. The van der Waals surface area contributed by atoms with Crippen molar-refractivity contribution >= 4 is 17.5 Å². The van der Waals surface area contributed by atoms with Gasteiger partial charge in [0.2, 0.25) is 0 Å². The molecule has 0 saturated heterocycles.